The van der Waals surface area contributed by atoms with E-state index < -0.39 is 12.0 Å². The minimum Gasteiger partial charge on any atom is -0.480 e. The van der Waals surface area contributed by atoms with E-state index in [1.54, 1.807) is 0 Å². The molecule has 0 spiro atoms. The third kappa shape index (κ3) is 12.2. The van der Waals surface area contributed by atoms with Crippen LogP contribution in [-0.4, -0.2) is 67.4 Å². The van der Waals surface area contributed by atoms with Crippen LogP contribution in [0.2, 0.25) is 0 Å². The second kappa shape index (κ2) is 11.3. The number of rotatable bonds is 5. The molecule has 14 heavy (non-hydrogen) atoms. The summed E-state index contributed by atoms with van der Waals surface area (Å²) in [6.07, 6.45) is 0.975. The van der Waals surface area contributed by atoms with Crippen molar-refractivity contribution in [1.29, 1.82) is 5.41 Å². The van der Waals surface area contributed by atoms with Crippen molar-refractivity contribution in [3.05, 3.63) is 0 Å². The zero-order valence-electron chi connectivity index (χ0n) is 7.82. The molecule has 80 valence electrons. The Morgan fingerprint density at radius 2 is 2.07 bits per heavy atom. The van der Waals surface area contributed by atoms with E-state index in [4.69, 9.17) is 22.0 Å². The number of hydrogen-bond acceptors (Lipinski definition) is 3. The van der Waals surface area contributed by atoms with Gasteiger partial charge < -0.3 is 21.9 Å². The second-order valence-corrected chi connectivity index (χ2v) is 2.43. The number of halogens is 1. The molecule has 0 amide bonds. The number of nitrogens with two attached hydrogens (primary N) is 2. The van der Waals surface area contributed by atoms with Crippen molar-refractivity contribution >= 4 is 62.1 Å². The maximum absolute atomic E-state index is 10.2. The van der Waals surface area contributed by atoms with Gasteiger partial charge in [0, 0.05) is 44.3 Å². The Kier molecular flexibility index (Phi) is 16.0. The van der Waals surface area contributed by atoms with E-state index in [9.17, 15) is 4.79 Å². The van der Waals surface area contributed by atoms with Crippen LogP contribution in [0.1, 0.15) is 12.8 Å². The molecule has 0 aromatic carbocycles. The number of nitrogens with one attached hydrogen (secondary N) is 2. The standard InChI is InChI=1S/C6H14N4O2.Ca.ClH/c7-4(5(11)12)2-1-3-10-6(8)9;;/h4H,1-3,7H2,(H,11,12)(H4,8,9,10);;1H/t4-;;/m0../s1. The van der Waals surface area contributed by atoms with E-state index in [0.717, 1.165) is 0 Å². The van der Waals surface area contributed by atoms with E-state index in [0.29, 0.717) is 19.4 Å². The molecule has 0 unspecified atom stereocenters. The molecule has 0 fully saturated rings. The molecular weight excluding hydrogens is 236 g/mol. The Morgan fingerprint density at radius 3 is 2.43 bits per heavy atom. The van der Waals surface area contributed by atoms with Gasteiger partial charge in [0.25, 0.3) is 0 Å². The number of aliphatic carboxylic acids is 1. The normalized spacial score (nSPS) is 10.4. The Balaban J connectivity index is -0.000000605. The molecule has 0 saturated heterocycles. The van der Waals surface area contributed by atoms with E-state index in [2.05, 4.69) is 5.32 Å². The number of hydrogen-bond donors (Lipinski definition) is 5. The van der Waals surface area contributed by atoms with Crippen molar-refractivity contribution < 1.29 is 9.90 Å². The number of carboxylic acids is 1. The zero-order chi connectivity index (χ0) is 9.56. The van der Waals surface area contributed by atoms with Crippen molar-refractivity contribution in [3.8, 4) is 0 Å². The molecule has 7 N–H and O–H groups in total. The smallest absolute Gasteiger partial charge is 0.320 e. The van der Waals surface area contributed by atoms with Gasteiger partial charge in [0.15, 0.2) is 5.96 Å². The van der Waals surface area contributed by atoms with E-state index in [1.165, 1.54) is 0 Å². The third-order valence-corrected chi connectivity index (χ3v) is 1.32. The molecule has 2 radical (unpaired) electrons. The fourth-order valence-electron chi connectivity index (χ4n) is 0.669. The molecular formula is C6H15CaClN4O2. The SMILES string of the molecule is Cl.N=C(N)NCCC[C@H](N)C(=O)O.[Ca]. The van der Waals surface area contributed by atoms with Gasteiger partial charge in [0.1, 0.15) is 6.04 Å². The van der Waals surface area contributed by atoms with E-state index in [-0.39, 0.29) is 56.1 Å². The van der Waals surface area contributed by atoms with Gasteiger partial charge in [0.2, 0.25) is 0 Å². The number of carbonyl (C=O) groups is 1. The van der Waals surface area contributed by atoms with Crippen molar-refractivity contribution in [2.45, 2.75) is 18.9 Å². The van der Waals surface area contributed by atoms with Crippen LogP contribution in [0.4, 0.5) is 0 Å². The van der Waals surface area contributed by atoms with Crippen LogP contribution in [-0.2, 0) is 4.79 Å². The molecule has 8 heteroatoms. The first kappa shape index (κ1) is 19.8. The van der Waals surface area contributed by atoms with E-state index >= 15 is 0 Å². The topological polar surface area (TPSA) is 125 Å². The summed E-state index contributed by atoms with van der Waals surface area (Å²) in [7, 11) is 0. The Labute approximate surface area is 119 Å². The van der Waals surface area contributed by atoms with Crippen LogP contribution < -0.4 is 16.8 Å². The summed E-state index contributed by atoms with van der Waals surface area (Å²) in [5, 5.41) is 17.7. The summed E-state index contributed by atoms with van der Waals surface area (Å²) in [4.78, 5) is 10.2. The molecule has 0 heterocycles. The molecule has 0 rings (SSSR count). The minimum absolute atomic E-state index is 0. The van der Waals surface area contributed by atoms with Gasteiger partial charge in [-0.2, -0.15) is 0 Å². The fourth-order valence-corrected chi connectivity index (χ4v) is 0.669. The molecule has 0 bridgehead atoms. The summed E-state index contributed by atoms with van der Waals surface area (Å²) in [6.45, 7) is 0.482. The summed E-state index contributed by atoms with van der Waals surface area (Å²) < 4.78 is 0. The second-order valence-electron chi connectivity index (χ2n) is 2.43. The molecule has 0 aliphatic carbocycles. The first-order valence-corrected chi connectivity index (χ1v) is 3.60. The predicted molar refractivity (Wildman–Crippen MR) is 57.8 cm³/mol. The van der Waals surface area contributed by atoms with Gasteiger partial charge in [-0.25, -0.2) is 0 Å². The van der Waals surface area contributed by atoms with Crippen LogP contribution in [0, 0.1) is 5.41 Å². The van der Waals surface area contributed by atoms with Crippen LogP contribution >= 0.6 is 12.4 Å². The largest absolute Gasteiger partial charge is 0.480 e. The fraction of sp³-hybridized carbons (Fsp3) is 0.667. The summed E-state index contributed by atoms with van der Waals surface area (Å²) in [5.41, 5.74) is 10.2. The van der Waals surface area contributed by atoms with Gasteiger partial charge >= 0.3 is 5.97 Å². The quantitative estimate of drug-likeness (QED) is 0.180. The molecule has 0 saturated carbocycles. The average Bonchev–Trinajstić information content (AvgIpc) is 1.97. The van der Waals surface area contributed by atoms with Crippen molar-refractivity contribution in [3.63, 3.8) is 0 Å². The Hall–Kier alpha value is 0.250. The predicted octanol–water partition coefficient (Wildman–Crippen LogP) is -1.30. The summed E-state index contributed by atoms with van der Waals surface area (Å²) in [6, 6.07) is -0.821. The maximum atomic E-state index is 10.2. The summed E-state index contributed by atoms with van der Waals surface area (Å²) >= 11 is 0. The number of carboxylic acid groups (broad SMARTS) is 1. The molecule has 1 atom stereocenters. The molecule has 0 aromatic heterocycles. The average molecular weight is 251 g/mol. The van der Waals surface area contributed by atoms with Gasteiger partial charge in [0.05, 0.1) is 0 Å². The van der Waals surface area contributed by atoms with Gasteiger partial charge in [-0.15, -0.1) is 12.4 Å². The van der Waals surface area contributed by atoms with Crippen molar-refractivity contribution in [1.82, 2.24) is 5.32 Å². The van der Waals surface area contributed by atoms with Crippen molar-refractivity contribution in [2.24, 2.45) is 11.5 Å². The summed E-state index contributed by atoms with van der Waals surface area (Å²) in [5.74, 6) is -1.11. The molecule has 0 aliphatic rings. The first-order chi connectivity index (χ1) is 5.54. The monoisotopic (exact) mass is 250 g/mol. The minimum atomic E-state index is -1.00. The Bertz CT molecular complexity index is 181. The molecule has 0 aromatic rings. The zero-order valence-corrected chi connectivity index (χ0v) is 10.8. The Morgan fingerprint density at radius 1 is 1.57 bits per heavy atom. The van der Waals surface area contributed by atoms with Crippen LogP contribution in [0.25, 0.3) is 0 Å². The molecule has 0 aliphatic heterocycles. The van der Waals surface area contributed by atoms with Crippen LogP contribution in [0.5, 0.6) is 0 Å². The number of guanidine groups is 1. The van der Waals surface area contributed by atoms with Crippen LogP contribution in [0.15, 0.2) is 0 Å². The maximum Gasteiger partial charge on any atom is 0.320 e. The van der Waals surface area contributed by atoms with Gasteiger partial charge in [-0.3, -0.25) is 10.2 Å². The van der Waals surface area contributed by atoms with E-state index in [1.807, 2.05) is 0 Å². The molecule has 6 nitrogen and oxygen atoms in total. The van der Waals surface area contributed by atoms with Crippen LogP contribution in [0.3, 0.4) is 0 Å². The third-order valence-electron chi connectivity index (χ3n) is 1.32. The van der Waals surface area contributed by atoms with Crippen molar-refractivity contribution in [2.75, 3.05) is 6.54 Å². The first-order valence-electron chi connectivity index (χ1n) is 3.60. The van der Waals surface area contributed by atoms with Gasteiger partial charge in [-0.1, -0.05) is 0 Å². The van der Waals surface area contributed by atoms with Gasteiger partial charge in [-0.05, 0) is 12.8 Å².